The summed E-state index contributed by atoms with van der Waals surface area (Å²) in [5.74, 6) is 1.03. The first-order valence-electron chi connectivity index (χ1n) is 12.2. The van der Waals surface area contributed by atoms with Crippen LogP contribution < -0.4 is 5.56 Å². The van der Waals surface area contributed by atoms with Gasteiger partial charge in [0.15, 0.2) is 5.82 Å². The third kappa shape index (κ3) is 5.35. The van der Waals surface area contributed by atoms with Gasteiger partial charge in [0, 0.05) is 29.6 Å². The number of fused-ring (bicyclic) bond motifs is 1. The van der Waals surface area contributed by atoms with E-state index in [9.17, 15) is 4.79 Å². The van der Waals surface area contributed by atoms with Crippen molar-refractivity contribution in [3.8, 4) is 0 Å². The molecule has 4 rings (SSSR count). The molecule has 2 aromatic carbocycles. The molecule has 0 amide bonds. The van der Waals surface area contributed by atoms with Crippen molar-refractivity contribution >= 4 is 10.9 Å². The summed E-state index contributed by atoms with van der Waals surface area (Å²) in [4.78, 5) is 18.7. The van der Waals surface area contributed by atoms with Crippen LogP contribution >= 0.6 is 0 Å². The van der Waals surface area contributed by atoms with Crippen LogP contribution in [0.15, 0.2) is 53.3 Å². The number of nitrogens with one attached hydrogen (secondary N) is 1. The third-order valence-corrected chi connectivity index (χ3v) is 6.41. The Morgan fingerprint density at radius 1 is 1.03 bits per heavy atom. The average molecular weight is 473 g/mol. The Morgan fingerprint density at radius 2 is 1.74 bits per heavy atom. The predicted octanol–water partition coefficient (Wildman–Crippen LogP) is 5.29. The van der Waals surface area contributed by atoms with Gasteiger partial charge in [-0.1, -0.05) is 50.2 Å². The van der Waals surface area contributed by atoms with E-state index < -0.39 is 0 Å². The molecule has 0 aliphatic heterocycles. The molecule has 0 saturated carbocycles. The number of pyridine rings is 1. The van der Waals surface area contributed by atoms with Crippen LogP contribution in [0.1, 0.15) is 68.7 Å². The van der Waals surface area contributed by atoms with E-state index in [1.54, 1.807) is 0 Å². The molecule has 4 aromatic rings. The van der Waals surface area contributed by atoms with E-state index in [4.69, 9.17) is 0 Å². The standard InChI is InChI=1S/C28H36N6O/c1-18(2)25(26-30-31-32-34(26)28(5,6)7)33(16-21-11-9-8-10-12-21)17-22-15-23-20(4)13-19(3)14-24(23)29-27(22)35/h8-15,18,25H,16-17H2,1-7H3,(H,29,35). The monoisotopic (exact) mass is 472 g/mol. The van der Waals surface area contributed by atoms with Crippen LogP contribution in [0.2, 0.25) is 0 Å². The molecule has 2 aromatic heterocycles. The average Bonchev–Trinajstić information content (AvgIpc) is 3.25. The van der Waals surface area contributed by atoms with Crippen molar-refractivity contribution in [3.63, 3.8) is 0 Å². The quantitative estimate of drug-likeness (QED) is 0.396. The lowest BCUT2D eigenvalue weighted by atomic mass is 9.98. The van der Waals surface area contributed by atoms with Crippen molar-refractivity contribution in [2.45, 2.75) is 73.1 Å². The summed E-state index contributed by atoms with van der Waals surface area (Å²) in [6.45, 7) is 16.0. The minimum Gasteiger partial charge on any atom is -0.322 e. The number of H-pyrrole nitrogens is 1. The number of rotatable bonds is 7. The Kier molecular flexibility index (Phi) is 6.90. The molecular weight excluding hydrogens is 436 g/mol. The Bertz CT molecular complexity index is 1360. The molecule has 7 heteroatoms. The van der Waals surface area contributed by atoms with Gasteiger partial charge in [-0.2, -0.15) is 0 Å². The molecule has 0 fully saturated rings. The second-order valence-corrected chi connectivity index (χ2v) is 10.9. The largest absolute Gasteiger partial charge is 0.322 e. The first-order valence-corrected chi connectivity index (χ1v) is 12.2. The summed E-state index contributed by atoms with van der Waals surface area (Å²) in [6, 6.07) is 16.5. The van der Waals surface area contributed by atoms with E-state index >= 15 is 0 Å². The van der Waals surface area contributed by atoms with E-state index in [0.717, 1.165) is 33.4 Å². The Hall–Kier alpha value is -3.32. The molecule has 2 heterocycles. The van der Waals surface area contributed by atoms with Gasteiger partial charge >= 0.3 is 0 Å². The molecule has 1 atom stereocenters. The summed E-state index contributed by atoms with van der Waals surface area (Å²) < 4.78 is 1.91. The fourth-order valence-electron chi connectivity index (χ4n) is 4.86. The van der Waals surface area contributed by atoms with Gasteiger partial charge in [0.1, 0.15) is 0 Å². The number of benzene rings is 2. The highest BCUT2D eigenvalue weighted by Crippen LogP contribution is 2.32. The smallest absolute Gasteiger partial charge is 0.252 e. The highest BCUT2D eigenvalue weighted by molar-refractivity contribution is 5.83. The van der Waals surface area contributed by atoms with Crippen molar-refractivity contribution in [1.82, 2.24) is 30.1 Å². The van der Waals surface area contributed by atoms with E-state index in [1.165, 1.54) is 5.56 Å². The van der Waals surface area contributed by atoms with Crippen molar-refractivity contribution in [2.75, 3.05) is 0 Å². The van der Waals surface area contributed by atoms with Gasteiger partial charge in [0.2, 0.25) is 0 Å². The van der Waals surface area contributed by atoms with Crippen molar-refractivity contribution in [1.29, 1.82) is 0 Å². The number of aryl methyl sites for hydroxylation is 2. The number of aromatic nitrogens is 5. The van der Waals surface area contributed by atoms with E-state index in [2.05, 4.69) is 85.2 Å². The number of nitrogens with zero attached hydrogens (tertiary/aromatic N) is 5. The molecule has 1 unspecified atom stereocenters. The molecule has 35 heavy (non-hydrogen) atoms. The highest BCUT2D eigenvalue weighted by atomic mass is 16.1. The SMILES string of the molecule is Cc1cc(C)c2cc(CN(Cc3ccccc3)C(c3nnnn3C(C)(C)C)C(C)C)c(=O)[nH]c2c1. The Balaban J connectivity index is 1.82. The normalized spacial score (nSPS) is 13.2. The van der Waals surface area contributed by atoms with Crippen LogP contribution in [0, 0.1) is 19.8 Å². The topological polar surface area (TPSA) is 79.7 Å². The van der Waals surface area contributed by atoms with Gasteiger partial charge in [-0.25, -0.2) is 4.68 Å². The number of hydrogen-bond donors (Lipinski definition) is 1. The number of aromatic amines is 1. The molecule has 0 aliphatic rings. The van der Waals surface area contributed by atoms with Gasteiger partial charge in [0.05, 0.1) is 11.6 Å². The Morgan fingerprint density at radius 3 is 2.40 bits per heavy atom. The lowest BCUT2D eigenvalue weighted by molar-refractivity contribution is 0.120. The van der Waals surface area contributed by atoms with Crippen LogP contribution in [-0.4, -0.2) is 30.1 Å². The molecule has 7 nitrogen and oxygen atoms in total. The number of hydrogen-bond acceptors (Lipinski definition) is 5. The van der Waals surface area contributed by atoms with Gasteiger partial charge in [-0.05, 0) is 79.8 Å². The van der Waals surface area contributed by atoms with E-state index in [1.807, 2.05) is 41.9 Å². The van der Waals surface area contributed by atoms with E-state index in [0.29, 0.717) is 13.1 Å². The van der Waals surface area contributed by atoms with Crippen LogP contribution in [0.3, 0.4) is 0 Å². The zero-order chi connectivity index (χ0) is 25.3. The molecule has 0 saturated heterocycles. The first-order chi connectivity index (χ1) is 16.5. The molecule has 184 valence electrons. The van der Waals surface area contributed by atoms with Crippen LogP contribution in [-0.2, 0) is 18.6 Å². The maximum atomic E-state index is 13.2. The number of tetrazole rings is 1. The summed E-state index contributed by atoms with van der Waals surface area (Å²) in [5, 5.41) is 13.9. The van der Waals surface area contributed by atoms with Gasteiger partial charge in [-0.3, -0.25) is 9.69 Å². The molecule has 0 spiro atoms. The summed E-state index contributed by atoms with van der Waals surface area (Å²) >= 11 is 0. The van der Waals surface area contributed by atoms with Crippen molar-refractivity contribution in [2.24, 2.45) is 5.92 Å². The lowest BCUT2D eigenvalue weighted by Gasteiger charge is -2.35. The summed E-state index contributed by atoms with van der Waals surface area (Å²) in [7, 11) is 0. The maximum absolute atomic E-state index is 13.2. The maximum Gasteiger partial charge on any atom is 0.252 e. The highest BCUT2D eigenvalue weighted by Gasteiger charge is 2.33. The molecule has 1 N–H and O–H groups in total. The van der Waals surface area contributed by atoms with Crippen LogP contribution in [0.4, 0.5) is 0 Å². The van der Waals surface area contributed by atoms with Crippen LogP contribution in [0.25, 0.3) is 10.9 Å². The van der Waals surface area contributed by atoms with E-state index in [-0.39, 0.29) is 23.1 Å². The fraction of sp³-hybridized carbons (Fsp3) is 0.429. The molecule has 0 radical (unpaired) electrons. The predicted molar refractivity (Wildman–Crippen MR) is 140 cm³/mol. The molecular formula is C28H36N6O. The summed E-state index contributed by atoms with van der Waals surface area (Å²) in [6.07, 6.45) is 0. The Labute approximate surface area is 207 Å². The van der Waals surface area contributed by atoms with Gasteiger partial charge in [0.25, 0.3) is 5.56 Å². The van der Waals surface area contributed by atoms with Gasteiger partial charge in [-0.15, -0.1) is 5.10 Å². The minimum absolute atomic E-state index is 0.0570. The minimum atomic E-state index is -0.264. The zero-order valence-corrected chi connectivity index (χ0v) is 21.8. The lowest BCUT2D eigenvalue weighted by Crippen LogP contribution is -2.37. The fourth-order valence-corrected chi connectivity index (χ4v) is 4.86. The van der Waals surface area contributed by atoms with Gasteiger partial charge < -0.3 is 4.98 Å². The van der Waals surface area contributed by atoms with Crippen molar-refractivity contribution in [3.05, 3.63) is 87.0 Å². The third-order valence-electron chi connectivity index (χ3n) is 6.41. The van der Waals surface area contributed by atoms with Crippen molar-refractivity contribution < 1.29 is 0 Å². The second kappa shape index (κ2) is 9.74. The second-order valence-electron chi connectivity index (χ2n) is 10.9. The summed E-state index contributed by atoms with van der Waals surface area (Å²) in [5.41, 5.74) is 4.76. The zero-order valence-electron chi connectivity index (χ0n) is 21.8. The molecule has 0 bridgehead atoms. The molecule has 0 aliphatic carbocycles. The first kappa shape index (κ1) is 24.8. The van der Waals surface area contributed by atoms with Crippen LogP contribution in [0.5, 0.6) is 0 Å².